The molecule has 3 aromatic rings. The maximum absolute atomic E-state index is 5.55. The Balaban J connectivity index is 1.64. The Hall–Kier alpha value is -2.49. The van der Waals surface area contributed by atoms with Crippen LogP contribution in [0.1, 0.15) is 89.7 Å². The first-order valence-corrected chi connectivity index (χ1v) is 13.8. The van der Waals surface area contributed by atoms with E-state index in [1.807, 2.05) is 0 Å². The van der Waals surface area contributed by atoms with Gasteiger partial charge in [0, 0.05) is 22.9 Å². The van der Waals surface area contributed by atoms with Crippen LogP contribution in [0.25, 0.3) is 10.8 Å². The highest BCUT2D eigenvalue weighted by Gasteiger charge is 2.90. The van der Waals surface area contributed by atoms with Gasteiger partial charge in [0.2, 0.25) is 0 Å². The van der Waals surface area contributed by atoms with Gasteiger partial charge in [-0.05, 0) is 68.0 Å². The summed E-state index contributed by atoms with van der Waals surface area (Å²) in [5, 5.41) is 2.79. The third-order valence-electron chi connectivity index (χ3n) is 9.69. The average Bonchev–Trinajstić information content (AvgIpc) is 3.51. The van der Waals surface area contributed by atoms with Crippen LogP contribution in [-0.4, -0.2) is 45.9 Å². The molecule has 3 heteroatoms. The van der Waals surface area contributed by atoms with Gasteiger partial charge in [0.05, 0.1) is 19.0 Å². The predicted octanol–water partition coefficient (Wildman–Crippen LogP) is 7.40. The number of quaternary nitrogens is 1. The summed E-state index contributed by atoms with van der Waals surface area (Å²) < 4.78 is 1.01. The van der Waals surface area contributed by atoms with Crippen molar-refractivity contribution in [2.75, 3.05) is 7.05 Å². The van der Waals surface area contributed by atoms with Gasteiger partial charge in [-0.3, -0.25) is 9.48 Å². The van der Waals surface area contributed by atoms with E-state index in [1.54, 1.807) is 5.56 Å². The topological polar surface area (TPSA) is 15.6 Å². The zero-order valence-corrected chi connectivity index (χ0v) is 23.5. The van der Waals surface area contributed by atoms with Gasteiger partial charge >= 0.3 is 0 Å². The molecule has 3 aliphatic rings. The summed E-state index contributed by atoms with van der Waals surface area (Å²) in [6.45, 7) is 18.9. The zero-order chi connectivity index (χ0) is 25.8. The molecule has 3 aromatic carbocycles. The van der Waals surface area contributed by atoms with Gasteiger partial charge in [0.15, 0.2) is 11.8 Å². The molecule has 2 heterocycles. The number of aliphatic imine (C=N–C) groups is 1. The van der Waals surface area contributed by atoms with Gasteiger partial charge in [-0.2, -0.15) is 4.90 Å². The first-order valence-electron chi connectivity index (χ1n) is 13.8. The maximum Gasteiger partial charge on any atom is 0.195 e. The molecule has 5 atom stereocenters. The fourth-order valence-electron chi connectivity index (χ4n) is 8.07. The minimum atomic E-state index is -0.0192. The van der Waals surface area contributed by atoms with Crippen molar-refractivity contribution < 1.29 is 4.48 Å². The average molecular weight is 481 g/mol. The molecule has 2 fully saturated rings. The van der Waals surface area contributed by atoms with Crippen molar-refractivity contribution in [3.63, 3.8) is 0 Å². The standard InChI is InChI=1S/C33H42N3/c1-20(2)35-31(23-15-11-10-12-16-23)36(9,21(3)4)33(35)29-28-25-18-14-13-17-24(25)19-26(32(6,7)8)27(28)22(5)34-30(29)33/h10-21,29-31H,1-9H3/q+1/t29?,30?,31?,33?,36-/m1/s1. The highest BCUT2D eigenvalue weighted by Crippen LogP contribution is 2.75. The van der Waals surface area contributed by atoms with Gasteiger partial charge in [-0.25, -0.2) is 0 Å². The lowest BCUT2D eigenvalue weighted by Gasteiger charge is -2.67. The molecular weight excluding hydrogens is 438 g/mol. The number of hydrogen-bond donors (Lipinski definition) is 0. The van der Waals surface area contributed by atoms with Crippen molar-refractivity contribution in [2.24, 2.45) is 4.99 Å². The van der Waals surface area contributed by atoms with Crippen molar-refractivity contribution in [3.8, 4) is 0 Å². The van der Waals surface area contributed by atoms with Gasteiger partial charge in [-0.1, -0.05) is 75.4 Å². The van der Waals surface area contributed by atoms with Crippen molar-refractivity contribution in [1.82, 2.24) is 4.90 Å². The van der Waals surface area contributed by atoms with E-state index < -0.39 is 0 Å². The SMILES string of the molecule is CC1=NC2C(c3c1c(C(C)(C)C)cc1ccccc31)C21N(C(C)C)C(c2ccccc2)[N@@+]1(C)C(C)C. The van der Waals surface area contributed by atoms with E-state index in [0.717, 1.165) is 4.48 Å². The molecule has 1 saturated carbocycles. The molecule has 0 aromatic heterocycles. The van der Waals surface area contributed by atoms with E-state index in [-0.39, 0.29) is 11.1 Å². The molecule has 1 spiro atoms. The quantitative estimate of drug-likeness (QED) is 0.357. The fourth-order valence-corrected chi connectivity index (χ4v) is 8.07. The highest BCUT2D eigenvalue weighted by molar-refractivity contribution is 6.09. The lowest BCUT2D eigenvalue weighted by Crippen LogP contribution is -2.82. The number of likely N-dealkylation sites (N-methyl/N-ethyl adjacent to an activating group) is 1. The second kappa shape index (κ2) is 7.52. The summed E-state index contributed by atoms with van der Waals surface area (Å²) >= 11 is 0. The second-order valence-electron chi connectivity index (χ2n) is 13.1. The smallest absolute Gasteiger partial charge is 0.195 e. The van der Waals surface area contributed by atoms with E-state index >= 15 is 0 Å². The number of hydrogen-bond acceptors (Lipinski definition) is 2. The van der Waals surface area contributed by atoms with Crippen LogP contribution in [0.15, 0.2) is 65.7 Å². The molecule has 4 unspecified atom stereocenters. The Bertz CT molecular complexity index is 1380. The van der Waals surface area contributed by atoms with Crippen molar-refractivity contribution in [2.45, 2.75) is 96.7 Å². The van der Waals surface area contributed by atoms with Crippen LogP contribution in [0, 0.1) is 0 Å². The Morgan fingerprint density at radius 1 is 0.944 bits per heavy atom. The summed E-state index contributed by atoms with van der Waals surface area (Å²) in [5.41, 5.74) is 7.09. The first kappa shape index (κ1) is 23.9. The highest BCUT2D eigenvalue weighted by atomic mass is 15.8. The van der Waals surface area contributed by atoms with E-state index in [9.17, 15) is 0 Å². The van der Waals surface area contributed by atoms with Crippen LogP contribution in [-0.2, 0) is 5.41 Å². The molecular formula is C33H42N3+. The third kappa shape index (κ3) is 2.74. The maximum atomic E-state index is 5.55. The van der Waals surface area contributed by atoms with Crippen molar-refractivity contribution in [3.05, 3.63) is 82.9 Å². The lowest BCUT2D eigenvalue weighted by molar-refractivity contribution is -1.07. The molecule has 2 aliphatic heterocycles. The number of benzene rings is 3. The van der Waals surface area contributed by atoms with E-state index in [1.165, 1.54) is 33.2 Å². The molecule has 0 amide bonds. The normalized spacial score (nSPS) is 31.4. The van der Waals surface area contributed by atoms with Gasteiger partial charge in [0.1, 0.15) is 6.04 Å². The zero-order valence-electron chi connectivity index (χ0n) is 23.5. The van der Waals surface area contributed by atoms with E-state index in [2.05, 4.69) is 128 Å². The predicted molar refractivity (Wildman–Crippen MR) is 152 cm³/mol. The molecule has 0 bridgehead atoms. The molecule has 1 aliphatic carbocycles. The molecule has 6 rings (SSSR count). The minimum absolute atomic E-state index is 0.0192. The van der Waals surface area contributed by atoms with E-state index in [4.69, 9.17) is 4.99 Å². The summed E-state index contributed by atoms with van der Waals surface area (Å²) in [5.74, 6) is 0.401. The summed E-state index contributed by atoms with van der Waals surface area (Å²) in [4.78, 5) is 8.39. The summed E-state index contributed by atoms with van der Waals surface area (Å²) in [6, 6.07) is 23.9. The molecule has 0 radical (unpaired) electrons. The second-order valence-corrected chi connectivity index (χ2v) is 13.1. The van der Waals surface area contributed by atoms with Crippen molar-refractivity contribution >= 4 is 16.5 Å². The first-order chi connectivity index (χ1) is 17.0. The third-order valence-corrected chi connectivity index (χ3v) is 9.69. The fraction of sp³-hybridized carbons (Fsp3) is 0.485. The Morgan fingerprint density at radius 3 is 2.19 bits per heavy atom. The van der Waals surface area contributed by atoms with Crippen LogP contribution in [0.4, 0.5) is 0 Å². The van der Waals surface area contributed by atoms with Crippen LogP contribution < -0.4 is 0 Å². The summed E-state index contributed by atoms with van der Waals surface area (Å²) in [6.07, 6.45) is 0.341. The summed E-state index contributed by atoms with van der Waals surface area (Å²) in [7, 11) is 2.51. The van der Waals surface area contributed by atoms with Crippen LogP contribution in [0.5, 0.6) is 0 Å². The molecule has 0 N–H and O–H groups in total. The molecule has 36 heavy (non-hydrogen) atoms. The van der Waals surface area contributed by atoms with Crippen LogP contribution in [0.2, 0.25) is 0 Å². The van der Waals surface area contributed by atoms with Crippen molar-refractivity contribution in [1.29, 1.82) is 0 Å². The molecule has 3 nitrogen and oxygen atoms in total. The van der Waals surface area contributed by atoms with E-state index in [0.29, 0.717) is 30.2 Å². The number of fused-ring (bicyclic) bond motifs is 7. The molecule has 188 valence electrons. The van der Waals surface area contributed by atoms with Crippen LogP contribution in [0.3, 0.4) is 0 Å². The molecule has 1 saturated heterocycles. The van der Waals surface area contributed by atoms with Crippen LogP contribution >= 0.6 is 0 Å². The largest absolute Gasteiger partial charge is 0.285 e. The Labute approximate surface area is 217 Å². The van der Waals surface area contributed by atoms with Gasteiger partial charge < -0.3 is 0 Å². The Kier molecular flexibility index (Phi) is 4.99. The number of rotatable bonds is 3. The number of nitrogens with zero attached hydrogens (tertiary/aromatic N) is 3. The monoisotopic (exact) mass is 480 g/mol. The lowest BCUT2D eigenvalue weighted by atomic mass is 9.77. The Morgan fingerprint density at radius 2 is 1.58 bits per heavy atom. The minimum Gasteiger partial charge on any atom is -0.285 e. The van der Waals surface area contributed by atoms with Gasteiger partial charge in [-0.15, -0.1) is 0 Å². The van der Waals surface area contributed by atoms with Gasteiger partial charge in [0.25, 0.3) is 0 Å².